The maximum Gasteiger partial charge on any atom is 0.250 e. The molecule has 150 valence electrons. The molecule has 1 saturated carbocycles. The van der Waals surface area contributed by atoms with Crippen LogP contribution in [-0.4, -0.2) is 52.0 Å². The Hall–Kier alpha value is -3.19. The zero-order valence-corrected chi connectivity index (χ0v) is 17.0. The summed E-state index contributed by atoms with van der Waals surface area (Å²) in [5, 5.41) is 0.852. The summed E-state index contributed by atoms with van der Waals surface area (Å²) in [5.41, 5.74) is 9.52. The first-order valence-electron chi connectivity index (χ1n) is 9.78. The number of carbonyl (C=O) groups is 1. The van der Waals surface area contributed by atoms with Crippen LogP contribution in [0, 0.1) is 6.92 Å². The highest BCUT2D eigenvalue weighted by Gasteiger charge is 2.25. The maximum absolute atomic E-state index is 12.6. The minimum Gasteiger partial charge on any atom is -0.383 e. The second-order valence-electron chi connectivity index (χ2n) is 7.63. The number of aryl methyl sites for hydroxylation is 1. The summed E-state index contributed by atoms with van der Waals surface area (Å²) in [6.07, 6.45) is 9.56. The van der Waals surface area contributed by atoms with Gasteiger partial charge < -0.3 is 15.2 Å². The molecule has 1 aromatic carbocycles. The number of rotatable bonds is 6. The van der Waals surface area contributed by atoms with Gasteiger partial charge in [-0.25, -0.2) is 9.97 Å². The predicted molar refractivity (Wildman–Crippen MR) is 116 cm³/mol. The van der Waals surface area contributed by atoms with Crippen molar-refractivity contribution < 1.29 is 4.79 Å². The van der Waals surface area contributed by atoms with E-state index >= 15 is 0 Å². The van der Waals surface area contributed by atoms with Crippen molar-refractivity contribution in [3.63, 3.8) is 0 Å². The van der Waals surface area contributed by atoms with Gasteiger partial charge in [0.1, 0.15) is 17.8 Å². The number of anilines is 2. The smallest absolute Gasteiger partial charge is 0.250 e. The van der Waals surface area contributed by atoms with Crippen LogP contribution in [0.15, 0.2) is 48.9 Å². The molecule has 4 rings (SSSR count). The van der Waals surface area contributed by atoms with Crippen molar-refractivity contribution in [1.29, 1.82) is 0 Å². The SMILES string of the molecule is Cc1cn(-c2cccc(N(C)C(=O)/C=C/CN(C)C3CC3)c2)c2ncnc(N)c12. The molecule has 0 radical (unpaired) electrons. The fourth-order valence-corrected chi connectivity index (χ4v) is 3.54. The molecule has 29 heavy (non-hydrogen) atoms. The second kappa shape index (κ2) is 7.67. The van der Waals surface area contributed by atoms with Crippen LogP contribution >= 0.6 is 0 Å². The summed E-state index contributed by atoms with van der Waals surface area (Å²) in [4.78, 5) is 25.0. The van der Waals surface area contributed by atoms with Crippen LogP contribution in [0.5, 0.6) is 0 Å². The molecule has 2 aromatic heterocycles. The molecule has 3 aromatic rings. The molecule has 1 fully saturated rings. The number of benzene rings is 1. The highest BCUT2D eigenvalue weighted by molar-refractivity contribution is 6.01. The zero-order chi connectivity index (χ0) is 20.5. The van der Waals surface area contributed by atoms with Gasteiger partial charge in [0.15, 0.2) is 0 Å². The van der Waals surface area contributed by atoms with E-state index in [0.29, 0.717) is 11.9 Å². The summed E-state index contributed by atoms with van der Waals surface area (Å²) in [7, 11) is 3.88. The molecule has 0 atom stereocenters. The Labute approximate surface area is 170 Å². The first-order chi connectivity index (χ1) is 14.0. The maximum atomic E-state index is 12.6. The van der Waals surface area contributed by atoms with Crippen molar-refractivity contribution in [2.45, 2.75) is 25.8 Å². The highest BCUT2D eigenvalue weighted by Crippen LogP contribution is 2.28. The molecule has 0 aliphatic heterocycles. The lowest BCUT2D eigenvalue weighted by Crippen LogP contribution is -2.25. The van der Waals surface area contributed by atoms with Crippen LogP contribution in [0.2, 0.25) is 0 Å². The van der Waals surface area contributed by atoms with Crippen molar-refractivity contribution in [3.05, 3.63) is 54.5 Å². The number of amides is 1. The topological polar surface area (TPSA) is 80.3 Å². The van der Waals surface area contributed by atoms with E-state index in [1.54, 1.807) is 18.0 Å². The lowest BCUT2D eigenvalue weighted by Gasteiger charge is -2.17. The number of aromatic nitrogens is 3. The van der Waals surface area contributed by atoms with E-state index in [1.165, 1.54) is 19.2 Å². The molecule has 7 nitrogen and oxygen atoms in total. The molecular formula is C22H26N6O. The number of nitrogen functional groups attached to an aromatic ring is 1. The third-order valence-corrected chi connectivity index (χ3v) is 5.45. The van der Waals surface area contributed by atoms with Gasteiger partial charge in [-0.1, -0.05) is 12.1 Å². The van der Waals surface area contributed by atoms with Gasteiger partial charge in [0, 0.05) is 43.3 Å². The number of carbonyl (C=O) groups excluding carboxylic acids is 1. The van der Waals surface area contributed by atoms with Crippen LogP contribution in [0.25, 0.3) is 16.7 Å². The summed E-state index contributed by atoms with van der Waals surface area (Å²) in [5.74, 6) is 0.419. The van der Waals surface area contributed by atoms with Gasteiger partial charge in [0.05, 0.1) is 5.39 Å². The molecular weight excluding hydrogens is 364 g/mol. The van der Waals surface area contributed by atoms with Crippen molar-refractivity contribution in [1.82, 2.24) is 19.4 Å². The molecule has 1 aliphatic rings. The van der Waals surface area contributed by atoms with Gasteiger partial charge in [-0.2, -0.15) is 0 Å². The Bertz CT molecular complexity index is 1080. The van der Waals surface area contributed by atoms with Crippen LogP contribution in [0.3, 0.4) is 0 Å². The Morgan fingerprint density at radius 3 is 2.86 bits per heavy atom. The summed E-state index contributed by atoms with van der Waals surface area (Å²) < 4.78 is 1.98. The third kappa shape index (κ3) is 3.86. The fourth-order valence-electron chi connectivity index (χ4n) is 3.54. The number of nitrogens with zero attached hydrogens (tertiary/aromatic N) is 5. The van der Waals surface area contributed by atoms with Crippen LogP contribution in [-0.2, 0) is 4.79 Å². The molecule has 2 N–H and O–H groups in total. The van der Waals surface area contributed by atoms with E-state index in [0.717, 1.165) is 34.5 Å². The number of nitrogens with two attached hydrogens (primary N) is 1. The highest BCUT2D eigenvalue weighted by atomic mass is 16.2. The minimum atomic E-state index is -0.0496. The fraction of sp³-hybridized carbons (Fsp3) is 0.318. The Morgan fingerprint density at radius 2 is 2.10 bits per heavy atom. The quantitative estimate of drug-likeness (QED) is 0.655. The molecule has 0 unspecified atom stereocenters. The lowest BCUT2D eigenvalue weighted by molar-refractivity contribution is -0.113. The second-order valence-corrected chi connectivity index (χ2v) is 7.63. The summed E-state index contributed by atoms with van der Waals surface area (Å²) in [6, 6.07) is 8.50. The predicted octanol–water partition coefficient (Wildman–Crippen LogP) is 2.92. The van der Waals surface area contributed by atoms with Crippen LogP contribution in [0.1, 0.15) is 18.4 Å². The van der Waals surface area contributed by atoms with Gasteiger partial charge in [0.2, 0.25) is 5.91 Å². The van der Waals surface area contributed by atoms with E-state index in [-0.39, 0.29) is 5.91 Å². The number of hydrogen-bond donors (Lipinski definition) is 1. The van der Waals surface area contributed by atoms with Gasteiger partial charge in [0.25, 0.3) is 0 Å². The molecule has 0 saturated heterocycles. The first-order valence-corrected chi connectivity index (χ1v) is 9.78. The van der Waals surface area contributed by atoms with E-state index < -0.39 is 0 Å². The molecule has 1 amide bonds. The van der Waals surface area contributed by atoms with Crippen molar-refractivity contribution in [2.75, 3.05) is 31.3 Å². The molecule has 0 bridgehead atoms. The van der Waals surface area contributed by atoms with Crippen molar-refractivity contribution in [3.8, 4) is 5.69 Å². The Kier molecular flexibility index (Phi) is 5.07. The van der Waals surface area contributed by atoms with Gasteiger partial charge in [-0.05, 0) is 50.6 Å². The average Bonchev–Trinajstić information content (AvgIpc) is 3.51. The monoisotopic (exact) mass is 390 g/mol. The first kappa shape index (κ1) is 19.1. The molecule has 0 spiro atoms. The van der Waals surface area contributed by atoms with E-state index in [4.69, 9.17) is 5.73 Å². The number of fused-ring (bicyclic) bond motifs is 1. The van der Waals surface area contributed by atoms with Crippen molar-refractivity contribution in [2.24, 2.45) is 0 Å². The summed E-state index contributed by atoms with van der Waals surface area (Å²) >= 11 is 0. The normalized spacial score (nSPS) is 14.2. The largest absolute Gasteiger partial charge is 0.383 e. The van der Waals surface area contributed by atoms with Gasteiger partial charge >= 0.3 is 0 Å². The summed E-state index contributed by atoms with van der Waals surface area (Å²) in [6.45, 7) is 2.78. The standard InChI is InChI=1S/C22H26N6O/c1-15-13-28(22-20(15)21(23)24-14-25-22)18-7-4-6-17(12-18)27(3)19(29)8-5-11-26(2)16-9-10-16/h4-8,12-14,16H,9-11H2,1-3H3,(H2,23,24,25)/b8-5+. The van der Waals surface area contributed by atoms with Crippen molar-refractivity contribution >= 4 is 28.4 Å². The average molecular weight is 390 g/mol. The van der Waals surface area contributed by atoms with E-state index in [9.17, 15) is 4.79 Å². The third-order valence-electron chi connectivity index (χ3n) is 5.45. The number of likely N-dealkylation sites (N-methyl/N-ethyl adjacent to an activating group) is 2. The van der Waals surface area contributed by atoms with E-state index in [2.05, 4.69) is 21.9 Å². The molecule has 2 heterocycles. The van der Waals surface area contributed by atoms with Crippen LogP contribution < -0.4 is 10.6 Å². The molecule has 1 aliphatic carbocycles. The Balaban J connectivity index is 1.56. The number of hydrogen-bond acceptors (Lipinski definition) is 5. The van der Waals surface area contributed by atoms with Gasteiger partial charge in [-0.3, -0.25) is 9.69 Å². The molecule has 7 heteroatoms. The van der Waals surface area contributed by atoms with Crippen LogP contribution in [0.4, 0.5) is 11.5 Å². The van der Waals surface area contributed by atoms with E-state index in [1.807, 2.05) is 48.0 Å². The zero-order valence-electron chi connectivity index (χ0n) is 17.0. The van der Waals surface area contributed by atoms with Gasteiger partial charge in [-0.15, -0.1) is 0 Å². The lowest BCUT2D eigenvalue weighted by atomic mass is 10.2. The minimum absolute atomic E-state index is 0.0496. The Morgan fingerprint density at radius 1 is 1.31 bits per heavy atom.